The highest BCUT2D eigenvalue weighted by molar-refractivity contribution is 4.63. The standard InChI is InChI=1S/C32H67NO4/c1-31(34-3,35-4)27-23-19-15-11-7-9-13-17-21-25-29-33-30-26-22-18-14-10-8-12-16-20-24-28-32(2,36-5)37-6/h33H,7-30H2,1-6H3. The van der Waals surface area contributed by atoms with E-state index in [1.165, 1.54) is 142 Å². The van der Waals surface area contributed by atoms with Gasteiger partial charge in [0.2, 0.25) is 0 Å². The third-order valence-electron chi connectivity index (χ3n) is 8.20. The molecule has 0 aliphatic carbocycles. The maximum absolute atomic E-state index is 5.42. The Hall–Kier alpha value is -0.200. The van der Waals surface area contributed by atoms with E-state index >= 15 is 0 Å². The van der Waals surface area contributed by atoms with Gasteiger partial charge in [-0.15, -0.1) is 0 Å². The first-order valence-electron chi connectivity index (χ1n) is 15.9. The number of hydrogen-bond acceptors (Lipinski definition) is 5. The number of hydrogen-bond donors (Lipinski definition) is 1. The van der Waals surface area contributed by atoms with E-state index in [1.54, 1.807) is 28.4 Å². The molecule has 224 valence electrons. The van der Waals surface area contributed by atoms with Crippen molar-refractivity contribution in [1.29, 1.82) is 0 Å². The lowest BCUT2D eigenvalue weighted by molar-refractivity contribution is -0.198. The van der Waals surface area contributed by atoms with Crippen LogP contribution in [0.1, 0.15) is 155 Å². The van der Waals surface area contributed by atoms with Gasteiger partial charge >= 0.3 is 0 Å². The normalized spacial score (nSPS) is 12.5. The number of nitrogens with one attached hydrogen (secondary N) is 1. The van der Waals surface area contributed by atoms with Gasteiger partial charge in [-0.2, -0.15) is 0 Å². The summed E-state index contributed by atoms with van der Waals surface area (Å²) in [7, 11) is 6.93. The highest BCUT2D eigenvalue weighted by Gasteiger charge is 2.22. The number of ether oxygens (including phenoxy) is 4. The SMILES string of the molecule is COC(C)(CCCCCCCCCCCCNCCCCCCCCCCCCC(C)(OC)OC)OC. The van der Waals surface area contributed by atoms with Gasteiger partial charge in [0.05, 0.1) is 0 Å². The number of rotatable bonds is 30. The highest BCUT2D eigenvalue weighted by atomic mass is 16.7. The van der Waals surface area contributed by atoms with Crippen LogP contribution in [0.3, 0.4) is 0 Å². The molecule has 0 aliphatic heterocycles. The average Bonchev–Trinajstić information content (AvgIpc) is 2.92. The molecular weight excluding hydrogens is 462 g/mol. The first-order chi connectivity index (χ1) is 17.9. The summed E-state index contributed by atoms with van der Waals surface area (Å²) in [6, 6.07) is 0. The molecule has 0 aromatic rings. The Morgan fingerprint density at radius 1 is 0.351 bits per heavy atom. The number of methoxy groups -OCH3 is 4. The Morgan fingerprint density at radius 3 is 0.811 bits per heavy atom. The van der Waals surface area contributed by atoms with Crippen LogP contribution in [0.25, 0.3) is 0 Å². The minimum Gasteiger partial charge on any atom is -0.353 e. The van der Waals surface area contributed by atoms with Crippen LogP contribution in [0.2, 0.25) is 0 Å². The van der Waals surface area contributed by atoms with Crippen molar-refractivity contribution in [2.45, 2.75) is 167 Å². The molecule has 1 N–H and O–H groups in total. The molecule has 0 heterocycles. The molecule has 0 atom stereocenters. The van der Waals surface area contributed by atoms with Crippen molar-refractivity contribution in [3.05, 3.63) is 0 Å². The van der Waals surface area contributed by atoms with Crippen molar-refractivity contribution < 1.29 is 18.9 Å². The van der Waals surface area contributed by atoms with Crippen LogP contribution in [-0.2, 0) is 18.9 Å². The summed E-state index contributed by atoms with van der Waals surface area (Å²) in [5, 5.41) is 3.65. The molecule has 0 aromatic heterocycles. The second-order valence-corrected chi connectivity index (χ2v) is 11.4. The second kappa shape index (κ2) is 26.0. The summed E-state index contributed by atoms with van der Waals surface area (Å²) in [6.07, 6.45) is 29.1. The predicted molar refractivity (Wildman–Crippen MR) is 159 cm³/mol. The Morgan fingerprint density at radius 2 is 0.568 bits per heavy atom. The van der Waals surface area contributed by atoms with Gasteiger partial charge < -0.3 is 24.3 Å². The van der Waals surface area contributed by atoms with Crippen molar-refractivity contribution >= 4 is 0 Å². The lowest BCUT2D eigenvalue weighted by atomic mass is 10.0. The predicted octanol–water partition coefficient (Wildman–Crippen LogP) is 9.18. The summed E-state index contributed by atoms with van der Waals surface area (Å²) in [6.45, 7) is 6.46. The van der Waals surface area contributed by atoms with E-state index < -0.39 is 11.6 Å². The summed E-state index contributed by atoms with van der Waals surface area (Å²) >= 11 is 0. The van der Waals surface area contributed by atoms with Crippen molar-refractivity contribution in [1.82, 2.24) is 5.32 Å². The quantitative estimate of drug-likeness (QED) is 0.0742. The Balaban J connectivity index is 3.17. The van der Waals surface area contributed by atoms with Crippen LogP contribution in [0, 0.1) is 0 Å². The van der Waals surface area contributed by atoms with Crippen molar-refractivity contribution in [2.24, 2.45) is 0 Å². The first kappa shape index (κ1) is 36.8. The minimum absolute atomic E-state index is 0.395. The molecule has 0 amide bonds. The van der Waals surface area contributed by atoms with Crippen LogP contribution < -0.4 is 5.32 Å². The van der Waals surface area contributed by atoms with Crippen molar-refractivity contribution in [3.8, 4) is 0 Å². The summed E-state index contributed by atoms with van der Waals surface area (Å²) < 4.78 is 21.7. The smallest absolute Gasteiger partial charge is 0.164 e. The zero-order valence-corrected chi connectivity index (χ0v) is 26.1. The van der Waals surface area contributed by atoms with Gasteiger partial charge in [-0.1, -0.05) is 103 Å². The molecule has 0 saturated heterocycles. The van der Waals surface area contributed by atoms with E-state index in [2.05, 4.69) is 5.32 Å². The third-order valence-corrected chi connectivity index (χ3v) is 8.20. The van der Waals surface area contributed by atoms with Crippen LogP contribution in [0.15, 0.2) is 0 Å². The van der Waals surface area contributed by atoms with E-state index in [4.69, 9.17) is 18.9 Å². The van der Waals surface area contributed by atoms with Gasteiger partial charge in [0.15, 0.2) is 11.6 Å². The van der Waals surface area contributed by atoms with Gasteiger partial charge in [-0.3, -0.25) is 0 Å². The minimum atomic E-state index is -0.395. The molecule has 37 heavy (non-hydrogen) atoms. The molecule has 5 nitrogen and oxygen atoms in total. The Labute approximate surface area is 232 Å². The van der Waals surface area contributed by atoms with E-state index in [0.717, 1.165) is 12.8 Å². The van der Waals surface area contributed by atoms with Gasteiger partial charge in [-0.05, 0) is 52.6 Å². The Kier molecular flexibility index (Phi) is 25.9. The van der Waals surface area contributed by atoms with E-state index in [1.807, 2.05) is 13.8 Å². The van der Waals surface area contributed by atoms with Crippen LogP contribution in [-0.4, -0.2) is 53.1 Å². The van der Waals surface area contributed by atoms with Crippen LogP contribution in [0.4, 0.5) is 0 Å². The average molecular weight is 530 g/mol. The van der Waals surface area contributed by atoms with E-state index in [9.17, 15) is 0 Å². The monoisotopic (exact) mass is 530 g/mol. The van der Waals surface area contributed by atoms with Crippen LogP contribution >= 0.6 is 0 Å². The Bertz CT molecular complexity index is 412. The zero-order valence-electron chi connectivity index (χ0n) is 26.1. The van der Waals surface area contributed by atoms with Crippen molar-refractivity contribution in [2.75, 3.05) is 41.5 Å². The fourth-order valence-corrected chi connectivity index (χ4v) is 4.92. The molecule has 0 radical (unpaired) electrons. The maximum atomic E-state index is 5.42. The van der Waals surface area contributed by atoms with Gasteiger partial charge in [-0.25, -0.2) is 0 Å². The molecule has 0 rings (SSSR count). The largest absolute Gasteiger partial charge is 0.353 e. The second-order valence-electron chi connectivity index (χ2n) is 11.4. The number of unbranched alkanes of at least 4 members (excludes halogenated alkanes) is 18. The molecule has 0 spiro atoms. The molecule has 5 heteroatoms. The van der Waals surface area contributed by atoms with Gasteiger partial charge in [0.25, 0.3) is 0 Å². The fourth-order valence-electron chi connectivity index (χ4n) is 4.92. The molecule has 0 saturated carbocycles. The molecule has 0 bridgehead atoms. The summed E-state index contributed by atoms with van der Waals surface area (Å²) in [5.74, 6) is -0.789. The highest BCUT2D eigenvalue weighted by Crippen LogP contribution is 2.21. The maximum Gasteiger partial charge on any atom is 0.164 e. The molecule has 0 fully saturated rings. The summed E-state index contributed by atoms with van der Waals surface area (Å²) in [5.41, 5.74) is 0. The van der Waals surface area contributed by atoms with Crippen LogP contribution in [0.5, 0.6) is 0 Å². The lowest BCUT2D eigenvalue weighted by Crippen LogP contribution is -2.29. The third kappa shape index (κ3) is 23.4. The molecule has 0 aliphatic rings. The van der Waals surface area contributed by atoms with Gasteiger partial charge in [0.1, 0.15) is 0 Å². The van der Waals surface area contributed by atoms with E-state index in [-0.39, 0.29) is 0 Å². The van der Waals surface area contributed by atoms with E-state index in [0.29, 0.717) is 0 Å². The lowest BCUT2D eigenvalue weighted by Gasteiger charge is -2.26. The van der Waals surface area contributed by atoms with Gasteiger partial charge in [0, 0.05) is 41.3 Å². The molecule has 0 unspecified atom stereocenters. The van der Waals surface area contributed by atoms with Crippen molar-refractivity contribution in [3.63, 3.8) is 0 Å². The molecular formula is C32H67NO4. The zero-order chi connectivity index (χ0) is 27.5. The summed E-state index contributed by atoms with van der Waals surface area (Å²) in [4.78, 5) is 0. The topological polar surface area (TPSA) is 49.0 Å². The first-order valence-corrected chi connectivity index (χ1v) is 15.9. The molecule has 0 aromatic carbocycles. The fraction of sp³-hybridized carbons (Fsp3) is 1.00.